The quantitative estimate of drug-likeness (QED) is 0.347. The summed E-state index contributed by atoms with van der Waals surface area (Å²) < 4.78 is 32.1. The molecule has 0 saturated carbocycles. The molecule has 200 valence electrons. The van der Waals surface area contributed by atoms with Crippen LogP contribution >= 0.6 is 0 Å². The fourth-order valence-corrected chi connectivity index (χ4v) is 6.03. The second kappa shape index (κ2) is 9.32. The molecule has 0 aliphatic carbocycles. The number of hydrogen-bond acceptors (Lipinski definition) is 5. The Morgan fingerprint density at radius 2 is 1.67 bits per heavy atom. The number of amides is 1. The lowest BCUT2D eigenvalue weighted by molar-refractivity contribution is 0.0585. The normalized spacial score (nSPS) is 20.8. The first-order chi connectivity index (χ1) is 19.0. The van der Waals surface area contributed by atoms with E-state index in [1.54, 1.807) is 39.7 Å². The van der Waals surface area contributed by atoms with E-state index in [9.17, 15) is 4.79 Å². The van der Waals surface area contributed by atoms with Crippen LogP contribution in [0.5, 0.6) is 0 Å². The van der Waals surface area contributed by atoms with Crippen molar-refractivity contribution in [1.29, 1.82) is 0 Å². The van der Waals surface area contributed by atoms with E-state index in [0.717, 1.165) is 62.5 Å². The number of benzene rings is 2. The zero-order chi connectivity index (χ0) is 26.7. The van der Waals surface area contributed by atoms with Gasteiger partial charge in [0.1, 0.15) is 23.5 Å². The summed E-state index contributed by atoms with van der Waals surface area (Å²) in [6.45, 7) is 5.45. The van der Waals surface area contributed by atoms with E-state index in [4.69, 9.17) is 5.10 Å². The highest BCUT2D eigenvalue weighted by Gasteiger charge is 2.35. The zero-order valence-corrected chi connectivity index (χ0v) is 21.9. The van der Waals surface area contributed by atoms with Gasteiger partial charge >= 0.3 is 0 Å². The summed E-state index contributed by atoms with van der Waals surface area (Å²) in [5.74, 6) is 0.0732. The molecule has 1 amide bonds. The Morgan fingerprint density at radius 3 is 2.38 bits per heavy atom. The first kappa shape index (κ1) is 24.1. The number of carbonyl (C=O) groups is 1. The van der Waals surface area contributed by atoms with Gasteiger partial charge in [0.15, 0.2) is 5.65 Å². The van der Waals surface area contributed by atoms with Gasteiger partial charge in [0.2, 0.25) is 0 Å². The van der Waals surface area contributed by atoms with Gasteiger partial charge in [-0.3, -0.25) is 4.79 Å². The maximum absolute atomic E-state index is 15.3. The fraction of sp³-hybridized carbons (Fsp3) is 0.367. The Kier molecular flexibility index (Phi) is 5.75. The molecule has 4 aromatic rings. The molecule has 5 heterocycles. The molecule has 2 atom stereocenters. The standard InChI is InChI=1S/C30H30F2N6O/c1-19-21-7-2-3-8-22(21)25(32)18-37(19)30(39)27-17-29(36-13-6-14-36)38-28(33-27)16-26(34-38)23-10-9-20(15-24(23)31)35-11-4-5-12-35/h2-3,7-10,15-17,19,25H,4-6,11-14,18H2,1H3. The van der Waals surface area contributed by atoms with Crippen LogP contribution < -0.4 is 9.80 Å². The Labute approximate surface area is 225 Å². The smallest absolute Gasteiger partial charge is 0.273 e. The molecule has 0 N–H and O–H groups in total. The van der Waals surface area contributed by atoms with E-state index in [1.165, 1.54) is 0 Å². The van der Waals surface area contributed by atoms with Gasteiger partial charge in [-0.15, -0.1) is 0 Å². The van der Waals surface area contributed by atoms with Gasteiger partial charge < -0.3 is 14.7 Å². The molecule has 2 saturated heterocycles. The van der Waals surface area contributed by atoms with Crippen LogP contribution in [0.2, 0.25) is 0 Å². The summed E-state index contributed by atoms with van der Waals surface area (Å²) in [6.07, 6.45) is 2.03. The van der Waals surface area contributed by atoms with Crippen molar-refractivity contribution in [3.8, 4) is 11.3 Å². The Balaban J connectivity index is 1.26. The maximum Gasteiger partial charge on any atom is 0.273 e. The molecule has 2 aromatic heterocycles. The molecule has 0 bridgehead atoms. The molecule has 7 nitrogen and oxygen atoms in total. The number of anilines is 2. The van der Waals surface area contributed by atoms with E-state index in [-0.39, 0.29) is 30.0 Å². The van der Waals surface area contributed by atoms with Crippen molar-refractivity contribution in [3.05, 3.63) is 77.2 Å². The van der Waals surface area contributed by atoms with Crippen LogP contribution in [-0.2, 0) is 0 Å². The van der Waals surface area contributed by atoms with Crippen LogP contribution in [0.4, 0.5) is 20.3 Å². The summed E-state index contributed by atoms with van der Waals surface area (Å²) >= 11 is 0. The minimum atomic E-state index is -1.26. The van der Waals surface area contributed by atoms with Crippen molar-refractivity contribution >= 4 is 23.1 Å². The van der Waals surface area contributed by atoms with Crippen molar-refractivity contribution in [3.63, 3.8) is 0 Å². The molecule has 7 rings (SSSR count). The van der Waals surface area contributed by atoms with Gasteiger partial charge in [0.25, 0.3) is 5.91 Å². The lowest BCUT2D eigenvalue weighted by atomic mass is 9.92. The Hall–Kier alpha value is -4.01. The average molecular weight is 529 g/mol. The summed E-state index contributed by atoms with van der Waals surface area (Å²) in [5.41, 5.74) is 3.89. The predicted molar refractivity (Wildman–Crippen MR) is 146 cm³/mol. The van der Waals surface area contributed by atoms with Crippen molar-refractivity contribution in [2.75, 3.05) is 42.5 Å². The molecule has 3 aliphatic rings. The van der Waals surface area contributed by atoms with Gasteiger partial charge in [-0.25, -0.2) is 13.8 Å². The lowest BCUT2D eigenvalue weighted by Gasteiger charge is -2.37. The van der Waals surface area contributed by atoms with Crippen LogP contribution in [-0.4, -0.2) is 58.1 Å². The molecule has 9 heteroatoms. The number of aromatic nitrogens is 3. The average Bonchev–Trinajstić information content (AvgIpc) is 3.60. The van der Waals surface area contributed by atoms with E-state index in [2.05, 4.69) is 14.8 Å². The number of hydrogen-bond donors (Lipinski definition) is 0. The van der Waals surface area contributed by atoms with Gasteiger partial charge in [-0.05, 0) is 55.5 Å². The van der Waals surface area contributed by atoms with E-state index in [0.29, 0.717) is 22.5 Å². The molecule has 2 aromatic carbocycles. The summed E-state index contributed by atoms with van der Waals surface area (Å²) in [5, 5.41) is 4.72. The van der Waals surface area contributed by atoms with E-state index in [1.807, 2.05) is 31.2 Å². The molecule has 39 heavy (non-hydrogen) atoms. The van der Waals surface area contributed by atoms with Gasteiger partial charge in [-0.2, -0.15) is 9.61 Å². The maximum atomic E-state index is 15.3. The SMILES string of the molecule is CC1c2ccccc2C(F)CN1C(=O)c1cc(N2CCC2)n2nc(-c3ccc(N4CCCC4)cc3F)cc2n1. The molecule has 0 spiro atoms. The summed E-state index contributed by atoms with van der Waals surface area (Å²) in [6, 6.07) is 15.8. The van der Waals surface area contributed by atoms with Crippen LogP contribution in [0.15, 0.2) is 54.6 Å². The third kappa shape index (κ3) is 4.02. The summed E-state index contributed by atoms with van der Waals surface area (Å²) in [4.78, 5) is 24.3. The van der Waals surface area contributed by atoms with E-state index < -0.39 is 6.17 Å². The number of rotatable bonds is 4. The second-order valence-corrected chi connectivity index (χ2v) is 10.7. The first-order valence-electron chi connectivity index (χ1n) is 13.7. The largest absolute Gasteiger partial charge is 0.371 e. The van der Waals surface area contributed by atoms with Crippen molar-refractivity contribution in [2.45, 2.75) is 38.4 Å². The van der Waals surface area contributed by atoms with Crippen LogP contribution in [0.1, 0.15) is 60.0 Å². The third-order valence-corrected chi connectivity index (χ3v) is 8.38. The molecule has 2 unspecified atom stereocenters. The highest BCUT2D eigenvalue weighted by Crippen LogP contribution is 2.38. The molecule has 0 radical (unpaired) electrons. The fourth-order valence-electron chi connectivity index (χ4n) is 6.03. The van der Waals surface area contributed by atoms with Gasteiger partial charge in [-0.1, -0.05) is 24.3 Å². The second-order valence-electron chi connectivity index (χ2n) is 10.7. The molecular formula is C30H30F2N6O. The summed E-state index contributed by atoms with van der Waals surface area (Å²) in [7, 11) is 0. The molecule has 3 aliphatic heterocycles. The van der Waals surface area contributed by atoms with Crippen molar-refractivity contribution < 1.29 is 13.6 Å². The molecule has 2 fully saturated rings. The first-order valence-corrected chi connectivity index (χ1v) is 13.7. The zero-order valence-electron chi connectivity index (χ0n) is 21.9. The number of carbonyl (C=O) groups excluding carboxylic acids is 1. The van der Waals surface area contributed by atoms with Crippen LogP contribution in [0.3, 0.4) is 0 Å². The Bertz CT molecular complexity index is 1580. The minimum Gasteiger partial charge on any atom is -0.371 e. The number of fused-ring (bicyclic) bond motifs is 2. The number of alkyl halides is 1. The van der Waals surface area contributed by atoms with Crippen LogP contribution in [0.25, 0.3) is 16.9 Å². The van der Waals surface area contributed by atoms with Crippen molar-refractivity contribution in [2.24, 2.45) is 0 Å². The van der Waals surface area contributed by atoms with Gasteiger partial charge in [0, 0.05) is 49.6 Å². The van der Waals surface area contributed by atoms with Crippen LogP contribution in [0, 0.1) is 5.82 Å². The topological polar surface area (TPSA) is 57.0 Å². The number of halogens is 2. The lowest BCUT2D eigenvalue weighted by Crippen LogP contribution is -2.41. The molecular weight excluding hydrogens is 498 g/mol. The predicted octanol–water partition coefficient (Wildman–Crippen LogP) is 5.57. The highest BCUT2D eigenvalue weighted by molar-refractivity contribution is 5.94. The van der Waals surface area contributed by atoms with Crippen molar-refractivity contribution in [1.82, 2.24) is 19.5 Å². The Morgan fingerprint density at radius 1 is 0.923 bits per heavy atom. The minimum absolute atomic E-state index is 0.0258. The van der Waals surface area contributed by atoms with Gasteiger partial charge in [0.05, 0.1) is 18.3 Å². The third-order valence-electron chi connectivity index (χ3n) is 8.38. The number of nitrogens with zero attached hydrogens (tertiary/aromatic N) is 6. The highest BCUT2D eigenvalue weighted by atomic mass is 19.1. The monoisotopic (exact) mass is 528 g/mol. The van der Waals surface area contributed by atoms with E-state index >= 15 is 8.78 Å².